The molecule has 2 bridgehead atoms. The van der Waals surface area contributed by atoms with Gasteiger partial charge in [-0.3, -0.25) is 4.90 Å². The van der Waals surface area contributed by atoms with Crippen LogP contribution in [-0.4, -0.2) is 61.7 Å². The first-order valence-corrected chi connectivity index (χ1v) is 6.48. The standard InChI is InChI=1S/C12H23N3/c1-14-11-2-3-12(14)9-15(5-4-11)8-10-6-13-7-10/h10-13H,2-9H2,1H3. The average Bonchev–Trinajstić information content (AvgIpc) is 2.37. The molecule has 2 atom stereocenters. The highest BCUT2D eigenvalue weighted by Gasteiger charge is 2.35. The summed E-state index contributed by atoms with van der Waals surface area (Å²) in [5, 5.41) is 3.37. The minimum Gasteiger partial charge on any atom is -0.316 e. The lowest BCUT2D eigenvalue weighted by Gasteiger charge is -2.34. The predicted octanol–water partition coefficient (Wildman–Crippen LogP) is 0.374. The third kappa shape index (κ3) is 1.93. The predicted molar refractivity (Wildman–Crippen MR) is 62.0 cm³/mol. The summed E-state index contributed by atoms with van der Waals surface area (Å²) in [4.78, 5) is 5.35. The molecule has 0 amide bonds. The molecule has 3 heterocycles. The first-order valence-electron chi connectivity index (χ1n) is 6.48. The second-order valence-electron chi connectivity index (χ2n) is 5.62. The van der Waals surface area contributed by atoms with Crippen LogP contribution < -0.4 is 5.32 Å². The van der Waals surface area contributed by atoms with Gasteiger partial charge in [0.1, 0.15) is 0 Å². The molecular formula is C12H23N3. The van der Waals surface area contributed by atoms with E-state index in [1.54, 1.807) is 0 Å². The van der Waals surface area contributed by atoms with Gasteiger partial charge in [0.15, 0.2) is 0 Å². The highest BCUT2D eigenvalue weighted by molar-refractivity contribution is 4.92. The van der Waals surface area contributed by atoms with Crippen molar-refractivity contribution in [3.8, 4) is 0 Å². The highest BCUT2D eigenvalue weighted by Crippen LogP contribution is 2.28. The maximum Gasteiger partial charge on any atom is 0.0223 e. The lowest BCUT2D eigenvalue weighted by atomic mass is 10.0. The number of nitrogens with one attached hydrogen (secondary N) is 1. The van der Waals surface area contributed by atoms with E-state index in [0.29, 0.717) is 0 Å². The molecular weight excluding hydrogens is 186 g/mol. The molecule has 2 unspecified atom stereocenters. The zero-order chi connectivity index (χ0) is 10.3. The van der Waals surface area contributed by atoms with Gasteiger partial charge in [-0.25, -0.2) is 0 Å². The van der Waals surface area contributed by atoms with Crippen LogP contribution in [0.25, 0.3) is 0 Å². The Labute approximate surface area is 92.8 Å². The Balaban J connectivity index is 1.57. The zero-order valence-electron chi connectivity index (χ0n) is 9.78. The number of likely N-dealkylation sites (N-methyl/N-ethyl adjacent to an activating group) is 1. The summed E-state index contributed by atoms with van der Waals surface area (Å²) in [5.74, 6) is 0.937. The van der Waals surface area contributed by atoms with Gasteiger partial charge in [0.05, 0.1) is 0 Å². The summed E-state index contributed by atoms with van der Waals surface area (Å²) >= 11 is 0. The van der Waals surface area contributed by atoms with E-state index in [1.165, 1.54) is 52.0 Å². The third-order valence-corrected chi connectivity index (χ3v) is 4.61. The minimum atomic E-state index is 0.852. The van der Waals surface area contributed by atoms with Crippen LogP contribution in [-0.2, 0) is 0 Å². The van der Waals surface area contributed by atoms with E-state index in [4.69, 9.17) is 0 Å². The number of hydrogen-bond acceptors (Lipinski definition) is 3. The first kappa shape index (κ1) is 10.1. The molecule has 3 aliphatic heterocycles. The summed E-state index contributed by atoms with van der Waals surface area (Å²) in [5.41, 5.74) is 0. The number of hydrogen-bond donors (Lipinski definition) is 1. The van der Waals surface area contributed by atoms with Crippen molar-refractivity contribution in [3.63, 3.8) is 0 Å². The molecule has 0 aromatic rings. The van der Waals surface area contributed by atoms with Crippen molar-refractivity contribution in [2.75, 3.05) is 39.8 Å². The van der Waals surface area contributed by atoms with E-state index in [2.05, 4.69) is 22.2 Å². The van der Waals surface area contributed by atoms with Gasteiger partial charge < -0.3 is 10.2 Å². The Morgan fingerprint density at radius 2 is 1.93 bits per heavy atom. The molecule has 3 aliphatic rings. The average molecular weight is 209 g/mol. The van der Waals surface area contributed by atoms with Crippen LogP contribution in [0.4, 0.5) is 0 Å². The molecule has 0 spiro atoms. The van der Waals surface area contributed by atoms with Crippen LogP contribution in [0.1, 0.15) is 19.3 Å². The van der Waals surface area contributed by atoms with Crippen LogP contribution >= 0.6 is 0 Å². The zero-order valence-corrected chi connectivity index (χ0v) is 9.78. The number of rotatable bonds is 2. The second kappa shape index (κ2) is 4.04. The molecule has 1 N–H and O–H groups in total. The van der Waals surface area contributed by atoms with E-state index < -0.39 is 0 Å². The molecule has 3 rings (SSSR count). The van der Waals surface area contributed by atoms with Crippen molar-refractivity contribution in [2.24, 2.45) is 5.92 Å². The van der Waals surface area contributed by atoms with E-state index >= 15 is 0 Å². The molecule has 86 valence electrons. The maximum atomic E-state index is 3.37. The summed E-state index contributed by atoms with van der Waals surface area (Å²) in [6.45, 7) is 6.50. The molecule has 0 aromatic carbocycles. The van der Waals surface area contributed by atoms with Gasteiger partial charge in [-0.2, -0.15) is 0 Å². The monoisotopic (exact) mass is 209 g/mol. The smallest absolute Gasteiger partial charge is 0.0223 e. The Morgan fingerprint density at radius 3 is 2.67 bits per heavy atom. The third-order valence-electron chi connectivity index (χ3n) is 4.61. The maximum absolute atomic E-state index is 3.37. The molecule has 0 radical (unpaired) electrons. The van der Waals surface area contributed by atoms with E-state index in [1.807, 2.05) is 0 Å². The van der Waals surface area contributed by atoms with Gasteiger partial charge in [-0.1, -0.05) is 0 Å². The topological polar surface area (TPSA) is 18.5 Å². The van der Waals surface area contributed by atoms with Crippen LogP contribution in [0.3, 0.4) is 0 Å². The van der Waals surface area contributed by atoms with E-state index in [-0.39, 0.29) is 0 Å². The Morgan fingerprint density at radius 1 is 1.13 bits per heavy atom. The fraction of sp³-hybridized carbons (Fsp3) is 1.00. The normalized spacial score (nSPS) is 39.0. The molecule has 3 nitrogen and oxygen atoms in total. The van der Waals surface area contributed by atoms with Gasteiger partial charge in [0, 0.05) is 38.3 Å². The summed E-state index contributed by atoms with van der Waals surface area (Å²) in [6.07, 6.45) is 4.27. The summed E-state index contributed by atoms with van der Waals surface area (Å²) in [7, 11) is 2.33. The first-order chi connectivity index (χ1) is 7.33. The van der Waals surface area contributed by atoms with Gasteiger partial charge >= 0.3 is 0 Å². The van der Waals surface area contributed by atoms with Crippen molar-refractivity contribution >= 4 is 0 Å². The van der Waals surface area contributed by atoms with Crippen molar-refractivity contribution in [1.82, 2.24) is 15.1 Å². The van der Waals surface area contributed by atoms with Crippen molar-refractivity contribution in [1.29, 1.82) is 0 Å². The molecule has 3 saturated heterocycles. The van der Waals surface area contributed by atoms with Gasteiger partial charge in [0.2, 0.25) is 0 Å². The van der Waals surface area contributed by atoms with Crippen LogP contribution in [0, 0.1) is 5.92 Å². The second-order valence-corrected chi connectivity index (χ2v) is 5.62. The number of fused-ring (bicyclic) bond motifs is 2. The molecule has 0 aliphatic carbocycles. The van der Waals surface area contributed by atoms with Gasteiger partial charge in [0.25, 0.3) is 0 Å². The fourth-order valence-corrected chi connectivity index (χ4v) is 3.39. The summed E-state index contributed by atoms with van der Waals surface area (Å²) < 4.78 is 0. The quantitative estimate of drug-likeness (QED) is 0.709. The van der Waals surface area contributed by atoms with Crippen molar-refractivity contribution in [3.05, 3.63) is 0 Å². The lowest BCUT2D eigenvalue weighted by molar-refractivity contribution is 0.173. The molecule has 0 aromatic heterocycles. The van der Waals surface area contributed by atoms with Gasteiger partial charge in [-0.05, 0) is 38.8 Å². The van der Waals surface area contributed by atoms with E-state index in [9.17, 15) is 0 Å². The summed E-state index contributed by atoms with van der Waals surface area (Å²) in [6, 6.07) is 1.74. The van der Waals surface area contributed by atoms with Crippen LogP contribution in [0.15, 0.2) is 0 Å². The van der Waals surface area contributed by atoms with Crippen molar-refractivity contribution in [2.45, 2.75) is 31.3 Å². The number of nitrogens with zero attached hydrogens (tertiary/aromatic N) is 2. The Hall–Kier alpha value is -0.120. The SMILES string of the molecule is CN1C2CCC1CN(CC1CNC1)CC2. The van der Waals surface area contributed by atoms with E-state index in [0.717, 1.165) is 18.0 Å². The molecule has 15 heavy (non-hydrogen) atoms. The highest BCUT2D eigenvalue weighted by atomic mass is 15.3. The van der Waals surface area contributed by atoms with Crippen LogP contribution in [0.2, 0.25) is 0 Å². The van der Waals surface area contributed by atoms with Gasteiger partial charge in [-0.15, -0.1) is 0 Å². The number of likely N-dealkylation sites (tertiary alicyclic amines) is 1. The minimum absolute atomic E-state index is 0.852. The Kier molecular flexibility index (Phi) is 2.71. The lowest BCUT2D eigenvalue weighted by Crippen LogP contribution is -2.49. The molecule has 3 heteroatoms. The van der Waals surface area contributed by atoms with Crippen LogP contribution in [0.5, 0.6) is 0 Å². The molecule has 0 saturated carbocycles. The largest absolute Gasteiger partial charge is 0.316 e. The molecule has 3 fully saturated rings. The Bertz CT molecular complexity index is 227. The van der Waals surface area contributed by atoms with Crippen molar-refractivity contribution < 1.29 is 0 Å². The fourth-order valence-electron chi connectivity index (χ4n) is 3.39.